The number of hydrogen-bond donors (Lipinski definition) is 3. The van der Waals surface area contributed by atoms with Crippen LogP contribution in [-0.4, -0.2) is 30.3 Å². The van der Waals surface area contributed by atoms with E-state index in [-0.39, 0.29) is 6.42 Å². The number of primary amides is 1. The van der Waals surface area contributed by atoms with Gasteiger partial charge in [0, 0.05) is 6.21 Å². The van der Waals surface area contributed by atoms with Crippen molar-refractivity contribution in [3.05, 3.63) is 12.7 Å². The van der Waals surface area contributed by atoms with Crippen LogP contribution >= 0.6 is 0 Å². The van der Waals surface area contributed by atoms with E-state index in [2.05, 4.69) is 12.3 Å². The van der Waals surface area contributed by atoms with E-state index in [0.717, 1.165) is 12.3 Å². The highest BCUT2D eigenvalue weighted by Gasteiger charge is 2.16. The molecule has 0 saturated carbocycles. The first-order valence-electron chi connectivity index (χ1n) is 3.68. The van der Waals surface area contributed by atoms with E-state index < -0.39 is 21.3 Å². The monoisotopic (exact) mass is 222 g/mol. The van der Waals surface area contributed by atoms with Crippen molar-refractivity contribution < 1.29 is 17.8 Å². The summed E-state index contributed by atoms with van der Waals surface area (Å²) >= 11 is 0. The summed E-state index contributed by atoms with van der Waals surface area (Å²) in [6, 6.07) is 0. The predicted octanol–water partition coefficient (Wildman–Crippen LogP) is -0.0399. The van der Waals surface area contributed by atoms with Crippen LogP contribution in [0.5, 0.6) is 0 Å². The maximum absolute atomic E-state index is 10.2. The fourth-order valence-corrected chi connectivity index (χ4v) is 1.01. The van der Waals surface area contributed by atoms with Crippen molar-refractivity contribution in [3.8, 4) is 0 Å². The summed E-state index contributed by atoms with van der Waals surface area (Å²) in [5.74, 6) is -0.481. The van der Waals surface area contributed by atoms with Gasteiger partial charge in [-0.3, -0.25) is 9.35 Å². The second-order valence-corrected chi connectivity index (χ2v) is 3.87. The summed E-state index contributed by atoms with van der Waals surface area (Å²) in [5, 5.41) is 5.52. The molecule has 0 aromatic heterocycles. The molecule has 0 heterocycles. The first-order valence-corrected chi connectivity index (χ1v) is 5.18. The van der Waals surface area contributed by atoms with E-state index in [1.807, 2.05) is 0 Å². The Balaban J connectivity index is 0. The van der Waals surface area contributed by atoms with Crippen LogP contribution in [0.15, 0.2) is 12.7 Å². The quantitative estimate of drug-likeness (QED) is 0.351. The lowest BCUT2D eigenvalue weighted by Gasteiger charge is -2.01. The highest BCUT2D eigenvalue weighted by molar-refractivity contribution is 7.87. The Morgan fingerprint density at radius 2 is 2.07 bits per heavy atom. The van der Waals surface area contributed by atoms with Gasteiger partial charge < -0.3 is 11.1 Å². The third kappa shape index (κ3) is 8.88. The molecule has 7 heteroatoms. The van der Waals surface area contributed by atoms with Gasteiger partial charge in [0.2, 0.25) is 5.91 Å². The number of nitrogens with two attached hydrogens (primary N) is 1. The Morgan fingerprint density at radius 3 is 2.07 bits per heavy atom. The third-order valence-corrected chi connectivity index (χ3v) is 2.41. The summed E-state index contributed by atoms with van der Waals surface area (Å²) in [6.45, 7) is 4.67. The average Bonchev–Trinajstić information content (AvgIpc) is 2.05. The van der Waals surface area contributed by atoms with Crippen molar-refractivity contribution in [3.63, 3.8) is 0 Å². The molecule has 1 unspecified atom stereocenters. The Hall–Kier alpha value is -1.21. The van der Waals surface area contributed by atoms with Crippen LogP contribution in [0.4, 0.5) is 0 Å². The molecular weight excluding hydrogens is 208 g/mol. The predicted molar refractivity (Wildman–Crippen MR) is 53.8 cm³/mol. The molecule has 0 aliphatic heterocycles. The highest BCUT2D eigenvalue weighted by atomic mass is 32.2. The molecule has 0 bridgehead atoms. The Labute approximate surface area is 83.1 Å². The summed E-state index contributed by atoms with van der Waals surface area (Å²) in [7, 11) is -4.01. The van der Waals surface area contributed by atoms with Crippen molar-refractivity contribution >= 4 is 22.2 Å². The van der Waals surface area contributed by atoms with E-state index in [1.54, 1.807) is 6.92 Å². The SMILES string of the molecule is C=CC(N)=O.CCC(C=N)S(=O)(=O)O. The van der Waals surface area contributed by atoms with Gasteiger partial charge in [-0.15, -0.1) is 0 Å². The van der Waals surface area contributed by atoms with Gasteiger partial charge >= 0.3 is 0 Å². The average molecular weight is 222 g/mol. The number of carbonyl (C=O) groups is 1. The van der Waals surface area contributed by atoms with Gasteiger partial charge in [-0.25, -0.2) is 0 Å². The molecule has 4 N–H and O–H groups in total. The minimum atomic E-state index is -4.01. The normalized spacial score (nSPS) is 11.9. The maximum Gasteiger partial charge on any atom is 0.272 e. The molecule has 0 aromatic rings. The molecule has 82 valence electrons. The minimum Gasteiger partial charge on any atom is -0.366 e. The van der Waals surface area contributed by atoms with Gasteiger partial charge in [0.25, 0.3) is 10.1 Å². The molecule has 0 aromatic carbocycles. The molecular formula is C7H14N2O4S. The summed E-state index contributed by atoms with van der Waals surface area (Å²) in [5.41, 5.74) is 4.53. The molecule has 0 saturated heterocycles. The van der Waals surface area contributed by atoms with Gasteiger partial charge in [-0.1, -0.05) is 13.5 Å². The van der Waals surface area contributed by atoms with Crippen molar-refractivity contribution in [1.82, 2.24) is 0 Å². The third-order valence-electron chi connectivity index (χ3n) is 1.17. The van der Waals surface area contributed by atoms with Gasteiger partial charge in [-0.05, 0) is 12.5 Å². The molecule has 14 heavy (non-hydrogen) atoms. The van der Waals surface area contributed by atoms with E-state index in [4.69, 9.17) is 9.96 Å². The Morgan fingerprint density at radius 1 is 1.71 bits per heavy atom. The van der Waals surface area contributed by atoms with Gasteiger partial charge in [0.15, 0.2) is 0 Å². The van der Waals surface area contributed by atoms with Crippen molar-refractivity contribution in [2.24, 2.45) is 5.73 Å². The first kappa shape index (κ1) is 15.3. The largest absolute Gasteiger partial charge is 0.366 e. The minimum absolute atomic E-state index is 0.238. The lowest BCUT2D eigenvalue weighted by molar-refractivity contribution is -0.113. The van der Waals surface area contributed by atoms with Crippen LogP contribution in [0.3, 0.4) is 0 Å². The molecule has 0 aliphatic carbocycles. The lowest BCUT2D eigenvalue weighted by Crippen LogP contribution is -2.20. The lowest BCUT2D eigenvalue weighted by atomic mass is 10.4. The number of amides is 1. The molecule has 1 atom stereocenters. The summed E-state index contributed by atoms with van der Waals surface area (Å²) in [6.07, 6.45) is 2.01. The molecule has 0 spiro atoms. The fraction of sp³-hybridized carbons (Fsp3) is 0.429. The van der Waals surface area contributed by atoms with Crippen LogP contribution < -0.4 is 5.73 Å². The molecule has 1 amide bonds. The topological polar surface area (TPSA) is 121 Å². The maximum atomic E-state index is 10.2. The van der Waals surface area contributed by atoms with Crippen molar-refractivity contribution in [1.29, 1.82) is 5.41 Å². The fourth-order valence-electron chi connectivity index (χ4n) is 0.414. The Kier molecular flexibility index (Phi) is 7.87. The van der Waals surface area contributed by atoms with Gasteiger partial charge in [0.05, 0.1) is 0 Å². The molecule has 6 nitrogen and oxygen atoms in total. The molecule has 0 rings (SSSR count). The zero-order valence-corrected chi connectivity index (χ0v) is 8.62. The summed E-state index contributed by atoms with van der Waals surface area (Å²) < 4.78 is 28.7. The van der Waals surface area contributed by atoms with Crippen LogP contribution in [0, 0.1) is 5.41 Å². The second kappa shape index (κ2) is 7.22. The van der Waals surface area contributed by atoms with E-state index in [1.165, 1.54) is 0 Å². The van der Waals surface area contributed by atoms with E-state index in [9.17, 15) is 13.2 Å². The summed E-state index contributed by atoms with van der Waals surface area (Å²) in [4.78, 5) is 9.47. The number of hydrogen-bond acceptors (Lipinski definition) is 4. The van der Waals surface area contributed by atoms with Crippen LogP contribution in [0.1, 0.15) is 13.3 Å². The van der Waals surface area contributed by atoms with Crippen molar-refractivity contribution in [2.75, 3.05) is 0 Å². The highest BCUT2D eigenvalue weighted by Crippen LogP contribution is 1.98. The number of nitrogens with one attached hydrogen (secondary N) is 1. The second-order valence-electron chi connectivity index (χ2n) is 2.23. The van der Waals surface area contributed by atoms with Gasteiger partial charge in [-0.2, -0.15) is 8.42 Å². The zero-order valence-electron chi connectivity index (χ0n) is 7.80. The standard InChI is InChI=1S/C4H9NO3S.C3H5NO/c1-2-4(3-5)9(6,7)8;1-2-3(4)5/h3-5H,2H2,1H3,(H,6,7,8);2H,1H2,(H2,4,5). The Bertz CT molecular complexity index is 297. The van der Waals surface area contributed by atoms with Crippen LogP contribution in [-0.2, 0) is 14.9 Å². The van der Waals surface area contributed by atoms with Crippen LogP contribution in [0.25, 0.3) is 0 Å². The van der Waals surface area contributed by atoms with E-state index in [0.29, 0.717) is 0 Å². The first-order chi connectivity index (χ1) is 6.29. The molecule has 0 radical (unpaired) electrons. The van der Waals surface area contributed by atoms with Gasteiger partial charge in [0.1, 0.15) is 5.25 Å². The smallest absolute Gasteiger partial charge is 0.272 e. The number of carbonyl (C=O) groups excluding carboxylic acids is 1. The zero-order chi connectivity index (χ0) is 11.8. The number of rotatable bonds is 4. The van der Waals surface area contributed by atoms with Crippen LogP contribution in [0.2, 0.25) is 0 Å². The molecule has 0 fully saturated rings. The molecule has 0 aliphatic rings. The van der Waals surface area contributed by atoms with Crippen molar-refractivity contribution in [2.45, 2.75) is 18.6 Å². The van der Waals surface area contributed by atoms with E-state index >= 15 is 0 Å².